The number of benzene rings is 2. The molecule has 0 aromatic heterocycles. The zero-order valence-corrected chi connectivity index (χ0v) is 31.8. The minimum Gasteiger partial charge on any atom is -0.507 e. The first-order valence-electron chi connectivity index (χ1n) is 19.1. The number of amides is 4. The van der Waals surface area contributed by atoms with Gasteiger partial charge in [-0.2, -0.15) is 0 Å². The van der Waals surface area contributed by atoms with Gasteiger partial charge >= 0.3 is 5.97 Å². The van der Waals surface area contributed by atoms with Crippen LogP contribution in [0.5, 0.6) is 11.5 Å². The highest BCUT2D eigenvalue weighted by Gasteiger charge is 2.31. The van der Waals surface area contributed by atoms with E-state index in [1.807, 2.05) is 0 Å². The van der Waals surface area contributed by atoms with Crippen molar-refractivity contribution >= 4 is 29.6 Å². The number of phenols is 2. The molecule has 3 rings (SSSR count). The molecule has 2 aromatic carbocycles. The molecule has 2 aromatic rings. The number of phenolic OH excluding ortho intramolecular Hbond substituents is 2. The number of fused-ring (bicyclic) bond motifs is 5. The van der Waals surface area contributed by atoms with E-state index < -0.39 is 42.3 Å². The second kappa shape index (κ2) is 24.6. The number of carbonyl (C=O) groups excluding carboxylic acids is 4. The van der Waals surface area contributed by atoms with Crippen molar-refractivity contribution in [2.24, 2.45) is 5.73 Å². The lowest BCUT2D eigenvalue weighted by molar-refractivity contribution is -0.142. The van der Waals surface area contributed by atoms with E-state index >= 15 is 0 Å². The fourth-order valence-corrected chi connectivity index (χ4v) is 6.05. The largest absolute Gasteiger partial charge is 0.507 e. The highest BCUT2D eigenvalue weighted by molar-refractivity contribution is 5.94. The number of rotatable bonds is 18. The maximum atomic E-state index is 13.5. The summed E-state index contributed by atoms with van der Waals surface area (Å²) >= 11 is 0. The van der Waals surface area contributed by atoms with E-state index in [4.69, 9.17) is 5.73 Å². The molecule has 0 spiro atoms. The Bertz CT molecular complexity index is 1480. The Morgan fingerprint density at radius 1 is 0.830 bits per heavy atom. The summed E-state index contributed by atoms with van der Waals surface area (Å²) in [5.74, 6) is -4.06. The van der Waals surface area contributed by atoms with Crippen LogP contribution in [0.1, 0.15) is 121 Å². The molecule has 0 aliphatic carbocycles. The third-order valence-electron chi connectivity index (χ3n) is 9.21. The number of carbonyl (C=O) groups is 5. The summed E-state index contributed by atoms with van der Waals surface area (Å²) in [5, 5.41) is 38.5. The van der Waals surface area contributed by atoms with Crippen LogP contribution in [0.2, 0.25) is 0 Å². The number of aromatic hydroxyl groups is 2. The normalized spacial score (nSPS) is 15.5. The van der Waals surface area contributed by atoms with Crippen LogP contribution >= 0.6 is 0 Å². The number of nitrogens with zero attached hydrogens (tertiary/aromatic N) is 1. The predicted molar refractivity (Wildman–Crippen MR) is 205 cm³/mol. The fraction of sp³-hybridized carbons (Fsp3) is 0.575. The van der Waals surface area contributed by atoms with Crippen molar-refractivity contribution in [1.82, 2.24) is 20.9 Å². The van der Waals surface area contributed by atoms with Crippen molar-refractivity contribution in [3.05, 3.63) is 47.5 Å². The molecule has 294 valence electrons. The van der Waals surface area contributed by atoms with Gasteiger partial charge in [-0.3, -0.25) is 19.2 Å². The summed E-state index contributed by atoms with van der Waals surface area (Å²) in [6, 6.07) is 5.96. The number of hydrogen-bond donors (Lipinski definition) is 7. The van der Waals surface area contributed by atoms with E-state index in [1.54, 1.807) is 0 Å². The molecule has 2 atom stereocenters. The van der Waals surface area contributed by atoms with Gasteiger partial charge in [0.15, 0.2) is 0 Å². The van der Waals surface area contributed by atoms with Gasteiger partial charge in [-0.15, -0.1) is 0 Å². The van der Waals surface area contributed by atoms with Crippen LogP contribution in [0.15, 0.2) is 36.4 Å². The van der Waals surface area contributed by atoms with Gasteiger partial charge < -0.3 is 41.9 Å². The molecule has 13 heteroatoms. The highest BCUT2D eigenvalue weighted by Crippen LogP contribution is 2.38. The van der Waals surface area contributed by atoms with E-state index in [1.165, 1.54) is 101 Å². The first-order chi connectivity index (χ1) is 25.4. The molecule has 8 N–H and O–H groups in total. The smallest absolute Gasteiger partial charge is 0.326 e. The third-order valence-corrected chi connectivity index (χ3v) is 9.21. The minimum absolute atomic E-state index is 0.117. The molecule has 1 heterocycles. The second-order valence-electron chi connectivity index (χ2n) is 13.6. The fourth-order valence-electron chi connectivity index (χ4n) is 6.05. The Morgan fingerprint density at radius 2 is 1.40 bits per heavy atom. The molecule has 1 aliphatic rings. The quantitative estimate of drug-likeness (QED) is 0.102. The molecule has 1 aliphatic heterocycles. The number of unbranched alkanes of at least 4 members (excludes halogenated alkanes) is 11. The van der Waals surface area contributed by atoms with E-state index in [2.05, 4.69) is 29.8 Å². The van der Waals surface area contributed by atoms with Crippen LogP contribution in [-0.4, -0.2) is 82.5 Å². The third kappa shape index (κ3) is 15.9. The Labute approximate surface area is 314 Å². The molecule has 53 heavy (non-hydrogen) atoms. The minimum atomic E-state index is -1.33. The van der Waals surface area contributed by atoms with Gasteiger partial charge in [0.2, 0.25) is 23.6 Å². The van der Waals surface area contributed by atoms with Gasteiger partial charge in [-0.05, 0) is 54.8 Å². The van der Waals surface area contributed by atoms with Crippen molar-refractivity contribution < 1.29 is 39.3 Å². The number of carboxylic acids is 1. The number of likely N-dealkylation sites (N-methyl/N-ethyl adjacent to an activating group) is 1. The lowest BCUT2D eigenvalue weighted by Gasteiger charge is -2.28. The Morgan fingerprint density at radius 3 is 1.96 bits per heavy atom. The molecule has 0 saturated carbocycles. The Balaban J connectivity index is 0.00000181. The van der Waals surface area contributed by atoms with Crippen molar-refractivity contribution in [2.45, 2.75) is 122 Å². The molecular formula is C40H61N5O8. The molecule has 4 amide bonds. The molecular weight excluding hydrogens is 678 g/mol. The van der Waals surface area contributed by atoms with Crippen molar-refractivity contribution in [2.75, 3.05) is 26.7 Å². The second-order valence-corrected chi connectivity index (χ2v) is 13.6. The molecule has 4 bridgehead atoms. The zero-order chi connectivity index (χ0) is 39.2. The summed E-state index contributed by atoms with van der Waals surface area (Å²) in [5.41, 5.74) is 6.20. The molecule has 0 fully saturated rings. The van der Waals surface area contributed by atoms with E-state index in [-0.39, 0.29) is 53.5 Å². The lowest BCUT2D eigenvalue weighted by Crippen LogP contribution is -2.49. The number of aliphatic carboxylic acids is 1. The number of carboxylic acid groups (broad SMARTS) is 1. The SMILES string of the molecule is CCCCCCCCCCCCCC(=O)NCC(=O)N(C)C1C(=O)NCC(=O)NC(C(=O)O)Cc2ccc(O)c(c2)-c2cc1ccc2O.CCCCN. The maximum absolute atomic E-state index is 13.5. The van der Waals surface area contributed by atoms with Gasteiger partial charge in [-0.25, -0.2) is 4.79 Å². The first kappa shape index (κ1) is 44.5. The van der Waals surface area contributed by atoms with Crippen LogP contribution in [0, 0.1) is 0 Å². The van der Waals surface area contributed by atoms with E-state index in [0.717, 1.165) is 30.7 Å². The van der Waals surface area contributed by atoms with Crippen molar-refractivity contribution in [1.29, 1.82) is 0 Å². The maximum Gasteiger partial charge on any atom is 0.326 e. The predicted octanol–water partition coefficient (Wildman–Crippen LogP) is 5.07. The van der Waals surface area contributed by atoms with Gasteiger partial charge in [0, 0.05) is 31.0 Å². The summed E-state index contributed by atoms with van der Waals surface area (Å²) in [7, 11) is 1.39. The standard InChI is InChI=1S/C36H50N4O8.C4H11N/c1-3-4-5-6-7-8-9-10-11-12-13-14-31(43)37-23-33(45)40(2)34-25-16-18-30(42)27(21-25)26-19-24(15-17-29(26)41)20-28(36(47)48)39-32(44)22-38-35(34)46;1-2-3-4-5/h15-19,21,28,34,41-42H,3-14,20,22-23H2,1-2H3,(H,37,43)(H,38,46)(H,39,44)(H,47,48);2-5H2,1H3. The van der Waals surface area contributed by atoms with Gasteiger partial charge in [0.1, 0.15) is 23.6 Å². The van der Waals surface area contributed by atoms with Crippen LogP contribution in [0.25, 0.3) is 11.1 Å². The van der Waals surface area contributed by atoms with Crippen LogP contribution < -0.4 is 21.7 Å². The van der Waals surface area contributed by atoms with Gasteiger partial charge in [-0.1, -0.05) is 96.6 Å². The molecule has 0 saturated heterocycles. The summed E-state index contributed by atoms with van der Waals surface area (Å²) in [6.07, 6.45) is 15.3. The Kier molecular flexibility index (Phi) is 20.6. The first-order valence-corrected chi connectivity index (χ1v) is 19.1. The van der Waals surface area contributed by atoms with E-state index in [0.29, 0.717) is 12.0 Å². The van der Waals surface area contributed by atoms with Crippen LogP contribution in [0.4, 0.5) is 0 Å². The monoisotopic (exact) mass is 739 g/mol. The zero-order valence-electron chi connectivity index (χ0n) is 31.8. The number of nitrogens with one attached hydrogen (secondary N) is 3. The van der Waals surface area contributed by atoms with Gasteiger partial charge in [0.25, 0.3) is 0 Å². The summed E-state index contributed by atoms with van der Waals surface area (Å²) in [4.78, 5) is 64.9. The van der Waals surface area contributed by atoms with E-state index in [9.17, 15) is 39.3 Å². The molecule has 0 radical (unpaired) electrons. The Hall–Kier alpha value is -4.65. The average Bonchev–Trinajstić information content (AvgIpc) is 3.13. The number of hydrogen-bond acceptors (Lipinski definition) is 8. The lowest BCUT2D eigenvalue weighted by atomic mass is 9.94. The highest BCUT2D eigenvalue weighted by atomic mass is 16.4. The van der Waals surface area contributed by atoms with Crippen molar-refractivity contribution in [3.63, 3.8) is 0 Å². The summed E-state index contributed by atoms with van der Waals surface area (Å²) < 4.78 is 0. The average molecular weight is 740 g/mol. The van der Waals surface area contributed by atoms with Gasteiger partial charge in [0.05, 0.1) is 13.1 Å². The molecule has 13 nitrogen and oxygen atoms in total. The molecule has 2 unspecified atom stereocenters. The number of nitrogens with two attached hydrogens (primary N) is 1. The topological polar surface area (TPSA) is 211 Å². The van der Waals surface area contributed by atoms with Crippen molar-refractivity contribution in [3.8, 4) is 22.6 Å². The summed E-state index contributed by atoms with van der Waals surface area (Å²) in [6.45, 7) is 4.28. The van der Waals surface area contributed by atoms with Crippen LogP contribution in [0.3, 0.4) is 0 Å². The van der Waals surface area contributed by atoms with Crippen LogP contribution in [-0.2, 0) is 30.4 Å².